The van der Waals surface area contributed by atoms with Crippen LogP contribution < -0.4 is 0 Å². The van der Waals surface area contributed by atoms with Crippen LogP contribution in [0.15, 0.2) is 59.6 Å². The Labute approximate surface area is 131 Å². The molecule has 3 aromatic rings. The van der Waals surface area contributed by atoms with Crippen LogP contribution in [0.3, 0.4) is 0 Å². The fraction of sp³-hybridized carbons (Fsp3) is 0.222. The minimum absolute atomic E-state index is 0.309. The van der Waals surface area contributed by atoms with Gasteiger partial charge in [0.1, 0.15) is 0 Å². The molecular weight excluding hydrogens is 294 g/mol. The Morgan fingerprint density at radius 3 is 2.27 bits per heavy atom. The molecule has 2 aromatic carbocycles. The van der Waals surface area contributed by atoms with Crippen LogP contribution >= 0.6 is 0 Å². The highest BCUT2D eigenvalue weighted by atomic mass is 32.2. The van der Waals surface area contributed by atoms with E-state index in [2.05, 4.69) is 19.9 Å². The van der Waals surface area contributed by atoms with Gasteiger partial charge in [-0.25, -0.2) is 12.4 Å². The van der Waals surface area contributed by atoms with Gasteiger partial charge in [-0.05, 0) is 48.7 Å². The van der Waals surface area contributed by atoms with Crippen molar-refractivity contribution in [1.82, 2.24) is 3.97 Å². The van der Waals surface area contributed by atoms with E-state index in [-0.39, 0.29) is 0 Å². The quantitative estimate of drug-likeness (QED) is 0.723. The molecule has 0 spiro atoms. The summed E-state index contributed by atoms with van der Waals surface area (Å²) >= 11 is 0. The second-order valence-corrected chi connectivity index (χ2v) is 7.72. The molecule has 3 nitrogen and oxygen atoms in total. The monoisotopic (exact) mass is 313 g/mol. The molecule has 0 saturated heterocycles. The first-order valence-electron chi connectivity index (χ1n) is 7.33. The highest BCUT2D eigenvalue weighted by Gasteiger charge is 2.18. The molecule has 0 fully saturated rings. The van der Waals surface area contributed by atoms with Gasteiger partial charge in [0.2, 0.25) is 0 Å². The summed E-state index contributed by atoms with van der Waals surface area (Å²) in [6.07, 6.45) is 1.63. The zero-order valence-corrected chi connectivity index (χ0v) is 13.8. The molecule has 1 aromatic heterocycles. The number of hydrogen-bond acceptors (Lipinski definition) is 2. The lowest BCUT2D eigenvalue weighted by Gasteiger charge is -2.09. The van der Waals surface area contributed by atoms with Crippen molar-refractivity contribution < 1.29 is 8.42 Å². The number of aryl methyl sites for hydroxylation is 1. The third kappa shape index (κ3) is 2.44. The SMILES string of the molecule is Cc1ccc(S(=O)(=O)n2ccc3cc(C(C)C)ccc32)cc1. The summed E-state index contributed by atoms with van der Waals surface area (Å²) in [5, 5.41) is 0.946. The Balaban J connectivity index is 2.15. The standard InChI is InChI=1S/C18H19NO2S/c1-13(2)15-6-9-18-16(12-15)10-11-19(18)22(20,21)17-7-4-14(3)5-8-17/h4-13H,1-3H3. The summed E-state index contributed by atoms with van der Waals surface area (Å²) in [6.45, 7) is 6.19. The molecule has 0 radical (unpaired) electrons. The molecule has 0 aliphatic rings. The Kier molecular flexibility index (Phi) is 3.57. The van der Waals surface area contributed by atoms with Gasteiger partial charge in [-0.1, -0.05) is 37.6 Å². The van der Waals surface area contributed by atoms with E-state index in [0.717, 1.165) is 10.9 Å². The van der Waals surface area contributed by atoms with Gasteiger partial charge < -0.3 is 0 Å². The minimum Gasteiger partial charge on any atom is -0.241 e. The van der Waals surface area contributed by atoms with Crippen LogP contribution in [-0.2, 0) is 10.0 Å². The molecule has 22 heavy (non-hydrogen) atoms. The summed E-state index contributed by atoms with van der Waals surface area (Å²) in [4.78, 5) is 0.309. The third-order valence-corrected chi connectivity index (χ3v) is 5.63. The molecule has 114 valence electrons. The first kappa shape index (κ1) is 14.9. The molecule has 0 amide bonds. The van der Waals surface area contributed by atoms with Crippen molar-refractivity contribution >= 4 is 20.9 Å². The van der Waals surface area contributed by atoms with E-state index in [1.54, 1.807) is 18.3 Å². The molecule has 0 saturated carbocycles. The van der Waals surface area contributed by atoms with Crippen molar-refractivity contribution in [2.45, 2.75) is 31.6 Å². The lowest BCUT2D eigenvalue weighted by atomic mass is 10.0. The highest BCUT2D eigenvalue weighted by Crippen LogP contribution is 2.25. The van der Waals surface area contributed by atoms with Crippen LogP contribution in [0.25, 0.3) is 10.9 Å². The maximum absolute atomic E-state index is 12.8. The Morgan fingerprint density at radius 2 is 1.64 bits per heavy atom. The first-order chi connectivity index (χ1) is 10.4. The van der Waals surface area contributed by atoms with Crippen molar-refractivity contribution in [3.63, 3.8) is 0 Å². The molecule has 0 aliphatic carbocycles. The molecule has 3 rings (SSSR count). The van der Waals surface area contributed by atoms with Crippen molar-refractivity contribution in [3.05, 3.63) is 65.9 Å². The van der Waals surface area contributed by atoms with Gasteiger partial charge in [0.25, 0.3) is 10.0 Å². The molecule has 0 N–H and O–H groups in total. The first-order valence-corrected chi connectivity index (χ1v) is 8.77. The van der Waals surface area contributed by atoms with E-state index in [9.17, 15) is 8.42 Å². The number of aromatic nitrogens is 1. The van der Waals surface area contributed by atoms with E-state index in [4.69, 9.17) is 0 Å². The second kappa shape index (κ2) is 5.29. The maximum atomic E-state index is 12.8. The number of rotatable bonds is 3. The summed E-state index contributed by atoms with van der Waals surface area (Å²) in [6, 6.07) is 14.7. The van der Waals surface area contributed by atoms with Gasteiger partial charge in [-0.15, -0.1) is 0 Å². The van der Waals surface area contributed by atoms with E-state index < -0.39 is 10.0 Å². The zero-order chi connectivity index (χ0) is 15.9. The fourth-order valence-electron chi connectivity index (χ4n) is 2.53. The van der Waals surface area contributed by atoms with Crippen LogP contribution in [0.5, 0.6) is 0 Å². The van der Waals surface area contributed by atoms with E-state index in [1.165, 1.54) is 9.54 Å². The average Bonchev–Trinajstić information content (AvgIpc) is 2.91. The lowest BCUT2D eigenvalue weighted by Crippen LogP contribution is -2.11. The average molecular weight is 313 g/mol. The van der Waals surface area contributed by atoms with Gasteiger partial charge in [-0.3, -0.25) is 0 Å². The molecule has 0 bridgehead atoms. The smallest absolute Gasteiger partial charge is 0.241 e. The normalized spacial score (nSPS) is 12.2. The molecule has 0 atom stereocenters. The van der Waals surface area contributed by atoms with Crippen molar-refractivity contribution in [2.75, 3.05) is 0 Å². The minimum atomic E-state index is -3.56. The van der Waals surface area contributed by atoms with Crippen LogP contribution in [0.1, 0.15) is 30.9 Å². The van der Waals surface area contributed by atoms with Crippen molar-refractivity contribution in [1.29, 1.82) is 0 Å². The number of benzene rings is 2. The Hall–Kier alpha value is -2.07. The lowest BCUT2D eigenvalue weighted by molar-refractivity contribution is 0.589. The third-order valence-electron chi connectivity index (χ3n) is 3.92. The summed E-state index contributed by atoms with van der Waals surface area (Å²) in [5.41, 5.74) is 2.96. The van der Waals surface area contributed by atoms with Gasteiger partial charge in [0, 0.05) is 11.6 Å². The van der Waals surface area contributed by atoms with Crippen LogP contribution in [0.2, 0.25) is 0 Å². The second-order valence-electron chi connectivity index (χ2n) is 5.90. The van der Waals surface area contributed by atoms with Crippen LogP contribution in [-0.4, -0.2) is 12.4 Å². The Morgan fingerprint density at radius 1 is 0.955 bits per heavy atom. The van der Waals surface area contributed by atoms with E-state index in [0.29, 0.717) is 16.3 Å². The predicted octanol–water partition coefficient (Wildman–Crippen LogP) is 4.31. The maximum Gasteiger partial charge on any atom is 0.268 e. The molecule has 1 heterocycles. The van der Waals surface area contributed by atoms with Gasteiger partial charge in [0.15, 0.2) is 0 Å². The van der Waals surface area contributed by atoms with Gasteiger partial charge in [-0.2, -0.15) is 0 Å². The molecule has 0 unspecified atom stereocenters. The zero-order valence-electron chi connectivity index (χ0n) is 12.9. The summed E-state index contributed by atoms with van der Waals surface area (Å²) in [7, 11) is -3.56. The molecule has 0 aliphatic heterocycles. The van der Waals surface area contributed by atoms with Crippen LogP contribution in [0, 0.1) is 6.92 Å². The molecule has 4 heteroatoms. The molecular formula is C18H19NO2S. The van der Waals surface area contributed by atoms with E-state index in [1.807, 2.05) is 37.3 Å². The topological polar surface area (TPSA) is 39.1 Å². The largest absolute Gasteiger partial charge is 0.268 e. The van der Waals surface area contributed by atoms with Gasteiger partial charge >= 0.3 is 0 Å². The van der Waals surface area contributed by atoms with Crippen LogP contribution in [0.4, 0.5) is 0 Å². The van der Waals surface area contributed by atoms with Crippen molar-refractivity contribution in [2.24, 2.45) is 0 Å². The Bertz CT molecular complexity index is 919. The number of nitrogens with zero attached hydrogens (tertiary/aromatic N) is 1. The fourth-order valence-corrected chi connectivity index (χ4v) is 3.88. The summed E-state index contributed by atoms with van der Waals surface area (Å²) in [5.74, 6) is 0.418. The van der Waals surface area contributed by atoms with E-state index >= 15 is 0 Å². The van der Waals surface area contributed by atoms with Gasteiger partial charge in [0.05, 0.1) is 10.4 Å². The highest BCUT2D eigenvalue weighted by molar-refractivity contribution is 7.90. The van der Waals surface area contributed by atoms with Crippen molar-refractivity contribution in [3.8, 4) is 0 Å². The predicted molar refractivity (Wildman–Crippen MR) is 89.8 cm³/mol. The number of fused-ring (bicyclic) bond motifs is 1. The number of hydrogen-bond donors (Lipinski definition) is 0. The summed E-state index contributed by atoms with van der Waals surface area (Å²) < 4.78 is 27.0.